The summed E-state index contributed by atoms with van der Waals surface area (Å²) in [5.74, 6) is -0.328. The molecule has 1 unspecified atom stereocenters. The van der Waals surface area contributed by atoms with Crippen molar-refractivity contribution in [3.05, 3.63) is 113 Å². The number of aryl methyl sites for hydroxylation is 1. The lowest BCUT2D eigenvalue weighted by atomic mass is 9.93. The molecule has 0 bridgehead atoms. The van der Waals surface area contributed by atoms with Crippen molar-refractivity contribution in [2.24, 2.45) is 5.73 Å². The number of hydrogen-bond acceptors (Lipinski definition) is 3. The number of hydrogen-bond donors (Lipinski definition) is 2. The average Bonchev–Trinajstić information content (AvgIpc) is 3.32. The van der Waals surface area contributed by atoms with Gasteiger partial charge in [0.05, 0.1) is 23.3 Å². The first-order valence-corrected chi connectivity index (χ1v) is 12.1. The van der Waals surface area contributed by atoms with Crippen molar-refractivity contribution in [1.82, 2.24) is 15.2 Å². The highest BCUT2D eigenvalue weighted by Crippen LogP contribution is 2.30. The van der Waals surface area contributed by atoms with Gasteiger partial charge in [-0.3, -0.25) is 5.10 Å². The highest BCUT2D eigenvalue weighted by molar-refractivity contribution is 5.84. The zero-order valence-corrected chi connectivity index (χ0v) is 20.9. The van der Waals surface area contributed by atoms with Gasteiger partial charge in [0.1, 0.15) is 5.82 Å². The molecule has 0 saturated heterocycles. The molecule has 0 aliphatic heterocycles. The molecule has 5 heteroatoms. The van der Waals surface area contributed by atoms with Crippen molar-refractivity contribution >= 4 is 5.57 Å². The monoisotopic (exact) mass is 470 g/mol. The third-order valence-electron chi connectivity index (χ3n) is 6.12. The van der Waals surface area contributed by atoms with Crippen LogP contribution in [0.25, 0.3) is 17.0 Å². The van der Waals surface area contributed by atoms with Crippen LogP contribution in [0.15, 0.2) is 96.3 Å². The van der Waals surface area contributed by atoms with Crippen LogP contribution in [0.1, 0.15) is 50.8 Å². The summed E-state index contributed by atoms with van der Waals surface area (Å²) in [6.07, 6.45) is 20.0. The van der Waals surface area contributed by atoms with Crippen molar-refractivity contribution in [2.75, 3.05) is 0 Å². The molecule has 0 spiro atoms. The minimum Gasteiger partial charge on any atom is -0.328 e. The Morgan fingerprint density at radius 2 is 2.03 bits per heavy atom. The van der Waals surface area contributed by atoms with Crippen LogP contribution in [0.5, 0.6) is 0 Å². The molecule has 0 saturated carbocycles. The maximum atomic E-state index is 13.7. The van der Waals surface area contributed by atoms with E-state index in [1.807, 2.05) is 37.3 Å². The Morgan fingerprint density at radius 1 is 1.23 bits per heavy atom. The number of H-pyrrole nitrogens is 1. The summed E-state index contributed by atoms with van der Waals surface area (Å²) < 4.78 is 13.7. The van der Waals surface area contributed by atoms with Crippen LogP contribution >= 0.6 is 0 Å². The molecule has 0 aromatic carbocycles. The summed E-state index contributed by atoms with van der Waals surface area (Å²) in [6, 6.07) is 3.29. The van der Waals surface area contributed by atoms with Gasteiger partial charge >= 0.3 is 0 Å². The zero-order chi connectivity index (χ0) is 25.4. The van der Waals surface area contributed by atoms with Gasteiger partial charge in [0, 0.05) is 11.6 Å². The maximum absolute atomic E-state index is 13.7. The normalized spacial score (nSPS) is 19.6. The zero-order valence-electron chi connectivity index (χ0n) is 20.9. The van der Waals surface area contributed by atoms with Crippen molar-refractivity contribution in [3.63, 3.8) is 0 Å². The lowest BCUT2D eigenvalue weighted by Crippen LogP contribution is -2.19. The van der Waals surface area contributed by atoms with Gasteiger partial charge in [0.15, 0.2) is 0 Å². The van der Waals surface area contributed by atoms with Crippen LogP contribution in [0.4, 0.5) is 4.39 Å². The molecule has 0 amide bonds. The molecule has 0 radical (unpaired) electrons. The van der Waals surface area contributed by atoms with E-state index in [0.717, 1.165) is 64.8 Å². The second-order valence-electron chi connectivity index (χ2n) is 8.80. The first-order valence-electron chi connectivity index (χ1n) is 12.1. The van der Waals surface area contributed by atoms with E-state index in [9.17, 15) is 4.39 Å². The predicted octanol–water partition coefficient (Wildman–Crippen LogP) is 7.32. The van der Waals surface area contributed by atoms with Gasteiger partial charge in [-0.05, 0) is 79.2 Å². The van der Waals surface area contributed by atoms with E-state index < -0.39 is 0 Å². The molecule has 0 fully saturated rings. The second-order valence-corrected chi connectivity index (χ2v) is 8.80. The van der Waals surface area contributed by atoms with E-state index in [4.69, 9.17) is 5.73 Å². The summed E-state index contributed by atoms with van der Waals surface area (Å²) in [5, 5.41) is 7.21. The fourth-order valence-corrected chi connectivity index (χ4v) is 3.98. The number of rotatable bonds is 9. The number of pyridine rings is 1. The molecule has 3 N–H and O–H groups in total. The van der Waals surface area contributed by atoms with Crippen LogP contribution in [-0.2, 0) is 0 Å². The Hall–Kier alpha value is -3.57. The molecule has 1 atom stereocenters. The molecule has 2 heterocycles. The second kappa shape index (κ2) is 12.2. The Balaban J connectivity index is 1.83. The van der Waals surface area contributed by atoms with E-state index in [0.29, 0.717) is 11.4 Å². The van der Waals surface area contributed by atoms with Crippen LogP contribution < -0.4 is 5.73 Å². The van der Waals surface area contributed by atoms with E-state index in [1.54, 1.807) is 19.2 Å². The SMILES string of the molecule is C=C1\C=C/C(c2cn[nH]c2-c2ccc(F)c(C)n2)=C/C=C/C1=C/C(=C\C)C(=C)CCC(N)CCC. The van der Waals surface area contributed by atoms with E-state index in [2.05, 4.69) is 47.4 Å². The molecule has 2 aromatic heterocycles. The summed E-state index contributed by atoms with van der Waals surface area (Å²) in [7, 11) is 0. The maximum Gasteiger partial charge on any atom is 0.144 e. The molecule has 182 valence electrons. The molecule has 2 aromatic rings. The number of aromatic amines is 1. The topological polar surface area (TPSA) is 67.6 Å². The van der Waals surface area contributed by atoms with Crippen molar-refractivity contribution in [3.8, 4) is 11.4 Å². The molecule has 1 aliphatic carbocycles. The van der Waals surface area contributed by atoms with Crippen LogP contribution in [0.3, 0.4) is 0 Å². The van der Waals surface area contributed by atoms with Crippen LogP contribution in [0, 0.1) is 12.7 Å². The van der Waals surface area contributed by atoms with Crippen molar-refractivity contribution in [1.29, 1.82) is 0 Å². The molecule has 3 rings (SSSR count). The van der Waals surface area contributed by atoms with E-state index in [1.165, 1.54) is 6.07 Å². The summed E-state index contributed by atoms with van der Waals surface area (Å²) in [4.78, 5) is 4.37. The van der Waals surface area contributed by atoms with Gasteiger partial charge in [-0.15, -0.1) is 0 Å². The number of nitrogens with one attached hydrogen (secondary N) is 1. The fourth-order valence-electron chi connectivity index (χ4n) is 3.98. The van der Waals surface area contributed by atoms with Gasteiger partial charge in [0.25, 0.3) is 0 Å². The number of halogens is 1. The highest BCUT2D eigenvalue weighted by atomic mass is 19.1. The van der Waals surface area contributed by atoms with Crippen LogP contribution in [0.2, 0.25) is 0 Å². The smallest absolute Gasteiger partial charge is 0.144 e. The summed E-state index contributed by atoms with van der Waals surface area (Å²) in [6.45, 7) is 14.4. The third kappa shape index (κ3) is 6.74. The van der Waals surface area contributed by atoms with Crippen molar-refractivity contribution < 1.29 is 4.39 Å². The first-order chi connectivity index (χ1) is 16.8. The van der Waals surface area contributed by atoms with Crippen LogP contribution in [-0.4, -0.2) is 21.2 Å². The molecule has 1 aliphatic rings. The van der Waals surface area contributed by atoms with Gasteiger partial charge in [-0.1, -0.05) is 63.0 Å². The Labute approximate surface area is 208 Å². The molecular weight excluding hydrogens is 435 g/mol. The van der Waals surface area contributed by atoms with Gasteiger partial charge in [-0.2, -0.15) is 5.10 Å². The minimum absolute atomic E-state index is 0.215. The third-order valence-corrected chi connectivity index (χ3v) is 6.12. The first kappa shape index (κ1) is 26.0. The largest absolute Gasteiger partial charge is 0.328 e. The number of allylic oxidation sites excluding steroid dienone is 12. The predicted molar refractivity (Wildman–Crippen MR) is 145 cm³/mol. The average molecular weight is 471 g/mol. The molecular formula is C30H35FN4. The van der Waals surface area contributed by atoms with E-state index >= 15 is 0 Å². The van der Waals surface area contributed by atoms with Gasteiger partial charge in [-0.25, -0.2) is 9.37 Å². The van der Waals surface area contributed by atoms with Gasteiger partial charge in [0.2, 0.25) is 0 Å². The van der Waals surface area contributed by atoms with Crippen molar-refractivity contribution in [2.45, 2.75) is 52.5 Å². The number of nitrogens with zero attached hydrogens (tertiary/aromatic N) is 2. The minimum atomic E-state index is -0.328. The molecule has 4 nitrogen and oxygen atoms in total. The highest BCUT2D eigenvalue weighted by Gasteiger charge is 2.14. The quantitative estimate of drug-likeness (QED) is 0.377. The standard InChI is InChI=1S/C30H35FN4/c1-6-9-26(32)15-13-20(3)23(7-2)18-25-11-8-10-24(14-12-21(25)4)27-19-33-35-30(27)29-17-16-28(31)22(5)34-29/h7-8,10-12,14,16-19,26H,3-4,6,9,13,15,32H2,1-2,5H3,(H,33,35)/b11-8+,14-12-,23-7+,24-10-,25-18-. The number of nitrogens with two attached hydrogens (primary N) is 1. The van der Waals surface area contributed by atoms with Gasteiger partial charge < -0.3 is 5.73 Å². The Morgan fingerprint density at radius 3 is 2.74 bits per heavy atom. The Kier molecular flexibility index (Phi) is 9.10. The van der Waals surface area contributed by atoms with E-state index in [-0.39, 0.29) is 11.9 Å². The molecule has 35 heavy (non-hydrogen) atoms. The Bertz CT molecular complexity index is 1240. The lowest BCUT2D eigenvalue weighted by molar-refractivity contribution is 0.561. The summed E-state index contributed by atoms with van der Waals surface area (Å²) >= 11 is 0. The fraction of sp³-hybridized carbons (Fsp3) is 0.267. The lowest BCUT2D eigenvalue weighted by Gasteiger charge is -2.14. The summed E-state index contributed by atoms with van der Waals surface area (Å²) in [5.41, 5.74) is 13.9. The number of aromatic nitrogens is 3.